The molecule has 222 valence electrons. The number of benzene rings is 1. The Morgan fingerprint density at radius 2 is 1.67 bits per heavy atom. The van der Waals surface area contributed by atoms with Crippen LogP contribution in [0.5, 0.6) is 0 Å². The molecule has 1 aliphatic carbocycles. The third-order valence-electron chi connectivity index (χ3n) is 6.56. The first-order chi connectivity index (χ1) is 18.0. The highest BCUT2D eigenvalue weighted by Gasteiger charge is 2.23. The van der Waals surface area contributed by atoms with E-state index >= 15 is 0 Å². The number of aryl methyl sites for hydroxylation is 2. The van der Waals surface area contributed by atoms with E-state index < -0.39 is 0 Å². The van der Waals surface area contributed by atoms with Gasteiger partial charge in [-0.05, 0) is 77.0 Å². The van der Waals surface area contributed by atoms with Crippen LogP contribution in [0.1, 0.15) is 104 Å². The summed E-state index contributed by atoms with van der Waals surface area (Å²) in [5, 5.41) is 6.73. The van der Waals surface area contributed by atoms with Crippen molar-refractivity contribution < 1.29 is 4.39 Å². The molecule has 1 saturated carbocycles. The third-order valence-corrected chi connectivity index (χ3v) is 6.89. The van der Waals surface area contributed by atoms with Gasteiger partial charge in [0.25, 0.3) is 0 Å². The van der Waals surface area contributed by atoms with Crippen LogP contribution in [-0.4, -0.2) is 35.9 Å². The van der Waals surface area contributed by atoms with E-state index in [0.717, 1.165) is 54.2 Å². The predicted octanol–water partition coefficient (Wildman–Crippen LogP) is 8.89. The molecule has 1 aromatic carbocycles. The number of nitrogens with one attached hydrogen (secondary N) is 2. The highest BCUT2D eigenvalue weighted by Crippen LogP contribution is 2.24. The van der Waals surface area contributed by atoms with Crippen LogP contribution in [0.25, 0.3) is 0 Å². The van der Waals surface area contributed by atoms with Gasteiger partial charge in [0.05, 0.1) is 17.7 Å². The van der Waals surface area contributed by atoms with E-state index in [-0.39, 0.29) is 13.2 Å². The van der Waals surface area contributed by atoms with Crippen molar-refractivity contribution in [1.29, 1.82) is 0 Å². The van der Waals surface area contributed by atoms with Crippen LogP contribution in [0.3, 0.4) is 0 Å². The Hall–Kier alpha value is -2.13. The molecule has 2 atom stereocenters. The molecule has 0 aromatic heterocycles. The maximum Gasteiger partial charge on any atom is 0.126 e. The van der Waals surface area contributed by atoms with Crippen LogP contribution in [0.15, 0.2) is 59.8 Å². The second-order valence-electron chi connectivity index (χ2n) is 10.9. The highest BCUT2D eigenvalue weighted by molar-refractivity contribution is 7.22. The summed E-state index contributed by atoms with van der Waals surface area (Å²) in [7, 11) is 2.72. The molecular weight excluding hydrogens is 502 g/mol. The van der Waals surface area contributed by atoms with Crippen LogP contribution in [0, 0.1) is 12.7 Å². The lowest BCUT2D eigenvalue weighted by Crippen LogP contribution is -2.39. The highest BCUT2D eigenvalue weighted by atomic mass is 31.0. The van der Waals surface area contributed by atoms with Crippen LogP contribution in [0.4, 0.5) is 4.39 Å². The molecule has 2 unspecified atom stereocenters. The van der Waals surface area contributed by atoms with Gasteiger partial charge in [0.15, 0.2) is 0 Å². The smallest absolute Gasteiger partial charge is 0.126 e. The summed E-state index contributed by atoms with van der Waals surface area (Å²) < 4.78 is 13.0. The first-order valence-electron chi connectivity index (χ1n) is 14.4. The maximum absolute atomic E-state index is 13.0. The molecule has 2 fully saturated rings. The van der Waals surface area contributed by atoms with Crippen molar-refractivity contribution in [2.24, 2.45) is 4.99 Å². The van der Waals surface area contributed by atoms with Gasteiger partial charge in [-0.3, -0.25) is 4.99 Å². The lowest BCUT2D eigenvalue weighted by atomic mass is 10.1. The number of halogens is 1. The fourth-order valence-electron chi connectivity index (χ4n) is 4.75. The zero-order valence-electron chi connectivity index (χ0n) is 24.8. The van der Waals surface area contributed by atoms with Crippen molar-refractivity contribution >= 4 is 15.1 Å². The quantitative estimate of drug-likeness (QED) is 0.110. The minimum atomic E-state index is -0.0631. The fraction of sp³-hybridized carbons (Fsp3) is 0.606. The number of amidine groups is 1. The molecule has 4 nitrogen and oxygen atoms in total. The number of aliphatic imine (C=N–C) groups is 1. The van der Waals surface area contributed by atoms with E-state index in [1.807, 2.05) is 39.8 Å². The molecule has 6 heteroatoms. The number of allylic oxidation sites excluding steroid dienone is 1. The number of likely N-dealkylation sites (tertiary alicyclic amines) is 1. The van der Waals surface area contributed by atoms with E-state index in [4.69, 9.17) is 4.99 Å². The second kappa shape index (κ2) is 20.7. The molecule has 2 aliphatic rings. The topological polar surface area (TPSA) is 39.7 Å². The second-order valence-corrected chi connectivity index (χ2v) is 11.5. The summed E-state index contributed by atoms with van der Waals surface area (Å²) in [6.07, 6.45) is 12.1. The summed E-state index contributed by atoms with van der Waals surface area (Å²) in [6, 6.07) is 6.41. The molecule has 1 aromatic rings. The van der Waals surface area contributed by atoms with Gasteiger partial charge < -0.3 is 15.5 Å². The first-order valence-corrected chi connectivity index (χ1v) is 14.9. The Morgan fingerprint density at radius 1 is 1.05 bits per heavy atom. The summed E-state index contributed by atoms with van der Waals surface area (Å²) in [5.74, 6) is 1.76. The van der Waals surface area contributed by atoms with Crippen molar-refractivity contribution in [3.63, 3.8) is 0 Å². The molecule has 1 saturated heterocycles. The molecule has 39 heavy (non-hydrogen) atoms. The molecular formula is C33H58FN4P. The predicted molar refractivity (Wildman–Crippen MR) is 176 cm³/mol. The van der Waals surface area contributed by atoms with Crippen molar-refractivity contribution in [2.75, 3.05) is 13.1 Å². The lowest BCUT2D eigenvalue weighted by molar-refractivity contribution is 0.335. The standard InChI is InChI=1S/C18H33N4P.C10H13F.C4H8.CH4/c1-14(19-13-18-11-8-12-22(18)16(3)23)20-15(2)21-17-9-6-4-5-7-10-17;1-3-4-9-6-5-8(2)7-10(9)11;1-4(2)3;/h17-19H,1,3-13,23H2,2H3,(H,20,21);5-7H,3-4H2,1-2H3;1H2,2-3H3;1H4. The van der Waals surface area contributed by atoms with Crippen molar-refractivity contribution in [1.82, 2.24) is 15.5 Å². The van der Waals surface area contributed by atoms with Gasteiger partial charge in [-0.2, -0.15) is 0 Å². The average Bonchev–Trinajstić information content (AvgIpc) is 3.17. The van der Waals surface area contributed by atoms with E-state index in [0.29, 0.717) is 12.1 Å². The number of hydrogen-bond donors (Lipinski definition) is 2. The normalized spacial score (nSPS) is 17.4. The van der Waals surface area contributed by atoms with Gasteiger partial charge in [0.1, 0.15) is 5.82 Å². The molecule has 0 radical (unpaired) electrons. The van der Waals surface area contributed by atoms with Crippen LogP contribution in [-0.2, 0) is 6.42 Å². The monoisotopic (exact) mass is 560 g/mol. The molecule has 1 aliphatic heterocycles. The molecule has 0 bridgehead atoms. The molecule has 2 N–H and O–H groups in total. The van der Waals surface area contributed by atoms with E-state index in [1.54, 1.807) is 6.07 Å². The Morgan fingerprint density at radius 3 is 2.21 bits per heavy atom. The summed E-state index contributed by atoms with van der Waals surface area (Å²) in [5.41, 5.74) is 4.07. The SMILES string of the molecule is C.C=C(C)C.C=C(NCC1CCCN1C(=C)P)NC(C)=NC1CCCCCC1.CCCc1ccc(C)cc1F. The molecule has 0 amide bonds. The Bertz CT molecular complexity index is 899. The minimum Gasteiger partial charge on any atom is -0.370 e. The zero-order valence-corrected chi connectivity index (χ0v) is 26.0. The van der Waals surface area contributed by atoms with Crippen molar-refractivity contribution in [2.45, 2.75) is 118 Å². The van der Waals surface area contributed by atoms with E-state index in [9.17, 15) is 4.39 Å². The Balaban J connectivity index is 0.000000752. The lowest BCUT2D eigenvalue weighted by Gasteiger charge is -2.27. The van der Waals surface area contributed by atoms with E-state index in [1.165, 1.54) is 56.9 Å². The zero-order chi connectivity index (χ0) is 28.5. The Kier molecular flexibility index (Phi) is 19.6. The average molecular weight is 561 g/mol. The maximum atomic E-state index is 13.0. The first kappa shape index (κ1) is 36.9. The number of hydrogen-bond acceptors (Lipinski definition) is 3. The van der Waals surface area contributed by atoms with Gasteiger partial charge >= 0.3 is 0 Å². The van der Waals surface area contributed by atoms with Gasteiger partial charge in [-0.15, -0.1) is 6.58 Å². The number of rotatable bonds is 8. The van der Waals surface area contributed by atoms with Crippen LogP contribution < -0.4 is 10.6 Å². The minimum absolute atomic E-state index is 0. The fourth-order valence-corrected chi connectivity index (χ4v) is 5.09. The van der Waals surface area contributed by atoms with Gasteiger partial charge in [0.2, 0.25) is 0 Å². The van der Waals surface area contributed by atoms with Crippen molar-refractivity contribution in [3.8, 4) is 0 Å². The molecule has 3 rings (SSSR count). The number of nitrogens with zero attached hydrogens (tertiary/aromatic N) is 2. The van der Waals surface area contributed by atoms with Crippen molar-refractivity contribution in [3.05, 3.63) is 71.7 Å². The van der Waals surface area contributed by atoms with Gasteiger partial charge in [-0.25, -0.2) is 4.39 Å². The molecule has 0 spiro atoms. The summed E-state index contributed by atoms with van der Waals surface area (Å²) in [6.45, 7) is 23.6. The van der Waals surface area contributed by atoms with Crippen LogP contribution >= 0.6 is 9.24 Å². The van der Waals surface area contributed by atoms with E-state index in [2.05, 4.69) is 51.4 Å². The largest absolute Gasteiger partial charge is 0.370 e. The summed E-state index contributed by atoms with van der Waals surface area (Å²) in [4.78, 5) is 7.19. The third kappa shape index (κ3) is 16.5. The molecule has 1 heterocycles. The van der Waals surface area contributed by atoms with Gasteiger partial charge in [0, 0.05) is 24.6 Å². The summed E-state index contributed by atoms with van der Waals surface area (Å²) >= 11 is 0. The van der Waals surface area contributed by atoms with Crippen LogP contribution in [0.2, 0.25) is 0 Å². The Labute approximate surface area is 242 Å². The van der Waals surface area contributed by atoms with Gasteiger partial charge in [-0.1, -0.05) is 86.6 Å².